The average Bonchev–Trinajstić information content (AvgIpc) is 2.93. The van der Waals surface area contributed by atoms with Gasteiger partial charge in [-0.25, -0.2) is 4.79 Å². The van der Waals surface area contributed by atoms with Gasteiger partial charge in [0, 0.05) is 15.9 Å². The van der Waals surface area contributed by atoms with E-state index in [1.54, 1.807) is 51.3 Å². The Labute approximate surface area is 172 Å². The summed E-state index contributed by atoms with van der Waals surface area (Å²) in [7, 11) is 1.58. The lowest BCUT2D eigenvalue weighted by atomic mass is 10.0. The largest absolute Gasteiger partial charge is 0.497 e. The molecule has 0 spiro atoms. The zero-order valence-electron chi connectivity index (χ0n) is 15.9. The number of carbonyl (C=O) groups excluding carboxylic acids is 2. The van der Waals surface area contributed by atoms with Crippen molar-refractivity contribution >= 4 is 39.6 Å². The maximum Gasteiger partial charge on any atom is 0.340 e. The van der Waals surface area contributed by atoms with Crippen LogP contribution in [-0.4, -0.2) is 25.6 Å². The second-order valence-corrected chi connectivity index (χ2v) is 7.04. The first-order valence-corrected chi connectivity index (χ1v) is 9.59. The predicted molar refractivity (Wildman–Crippen MR) is 112 cm³/mol. The molecule has 144 valence electrons. The molecule has 2 aromatic carbocycles. The Balaban J connectivity index is 2.09. The molecule has 0 unspecified atom stereocenters. The number of allylic oxidation sites excluding steroid dienone is 1. The van der Waals surface area contributed by atoms with Crippen LogP contribution in [0.5, 0.6) is 5.75 Å². The summed E-state index contributed by atoms with van der Waals surface area (Å²) < 4.78 is 11.3. The van der Waals surface area contributed by atoms with Crippen LogP contribution in [0.15, 0.2) is 69.8 Å². The molecular formula is C22H20BrNO4. The summed E-state index contributed by atoms with van der Waals surface area (Å²) in [6.45, 7) is 3.72. The highest BCUT2D eigenvalue weighted by molar-refractivity contribution is 9.10. The Hall–Kier alpha value is -2.86. The molecule has 3 rings (SSSR count). The van der Waals surface area contributed by atoms with E-state index in [2.05, 4.69) is 15.9 Å². The number of halogens is 1. The minimum absolute atomic E-state index is 0.234. The molecule has 0 N–H and O–H groups in total. The molecule has 1 aliphatic heterocycles. The fraction of sp³-hybridized carbons (Fsp3) is 0.182. The standard InChI is InChI=1S/C22H20BrNO4/c1-4-28-22(26)20-14(2)24(17-9-11-18(27-3)12-10-17)21(25)19(20)13-15-5-7-16(23)8-6-15/h5-13H,4H2,1-3H3. The molecule has 0 radical (unpaired) electrons. The highest BCUT2D eigenvalue weighted by atomic mass is 79.9. The van der Waals surface area contributed by atoms with Gasteiger partial charge in [0.2, 0.25) is 0 Å². The zero-order chi connectivity index (χ0) is 20.3. The van der Waals surface area contributed by atoms with Gasteiger partial charge in [-0.1, -0.05) is 28.1 Å². The van der Waals surface area contributed by atoms with E-state index in [0.717, 1.165) is 10.0 Å². The van der Waals surface area contributed by atoms with Gasteiger partial charge in [0.15, 0.2) is 0 Å². The summed E-state index contributed by atoms with van der Waals surface area (Å²) in [4.78, 5) is 27.4. The molecule has 0 saturated heterocycles. The van der Waals surface area contributed by atoms with Crippen LogP contribution in [0, 0.1) is 0 Å². The molecule has 2 aromatic rings. The fourth-order valence-electron chi connectivity index (χ4n) is 3.05. The van der Waals surface area contributed by atoms with E-state index in [0.29, 0.717) is 22.7 Å². The first-order chi connectivity index (χ1) is 13.5. The summed E-state index contributed by atoms with van der Waals surface area (Å²) in [6.07, 6.45) is 1.72. The van der Waals surface area contributed by atoms with Gasteiger partial charge < -0.3 is 9.47 Å². The van der Waals surface area contributed by atoms with E-state index in [9.17, 15) is 9.59 Å². The first-order valence-electron chi connectivity index (χ1n) is 8.80. The molecule has 0 aliphatic carbocycles. The topological polar surface area (TPSA) is 55.8 Å². The Morgan fingerprint density at radius 1 is 1.11 bits per heavy atom. The van der Waals surface area contributed by atoms with E-state index in [4.69, 9.17) is 9.47 Å². The summed E-state index contributed by atoms with van der Waals surface area (Å²) in [5.74, 6) is -0.0883. The van der Waals surface area contributed by atoms with Crippen LogP contribution in [-0.2, 0) is 14.3 Å². The molecular weight excluding hydrogens is 422 g/mol. The van der Waals surface area contributed by atoms with Crippen molar-refractivity contribution < 1.29 is 19.1 Å². The Morgan fingerprint density at radius 3 is 2.32 bits per heavy atom. The zero-order valence-corrected chi connectivity index (χ0v) is 17.4. The van der Waals surface area contributed by atoms with E-state index < -0.39 is 5.97 Å². The molecule has 0 saturated carbocycles. The monoisotopic (exact) mass is 441 g/mol. The second-order valence-electron chi connectivity index (χ2n) is 6.13. The molecule has 6 heteroatoms. The van der Waals surface area contributed by atoms with Gasteiger partial charge >= 0.3 is 5.97 Å². The quantitative estimate of drug-likeness (QED) is 0.497. The minimum atomic E-state index is -0.507. The normalized spacial score (nSPS) is 15.4. The molecule has 1 aliphatic rings. The van der Waals surface area contributed by atoms with E-state index in [1.807, 2.05) is 24.3 Å². The van der Waals surface area contributed by atoms with Crippen molar-refractivity contribution in [1.29, 1.82) is 0 Å². The molecule has 5 nitrogen and oxygen atoms in total. The number of carbonyl (C=O) groups is 2. The van der Waals surface area contributed by atoms with Crippen LogP contribution in [0.4, 0.5) is 5.69 Å². The van der Waals surface area contributed by atoms with Crippen molar-refractivity contribution in [2.45, 2.75) is 13.8 Å². The molecule has 0 aromatic heterocycles. The lowest BCUT2D eigenvalue weighted by molar-refractivity contribution is -0.138. The number of benzene rings is 2. The van der Waals surface area contributed by atoms with Gasteiger partial charge in [-0.2, -0.15) is 0 Å². The molecule has 0 fully saturated rings. The number of ether oxygens (including phenoxy) is 2. The van der Waals surface area contributed by atoms with Crippen molar-refractivity contribution in [2.24, 2.45) is 0 Å². The van der Waals surface area contributed by atoms with Crippen molar-refractivity contribution in [1.82, 2.24) is 0 Å². The summed E-state index contributed by atoms with van der Waals surface area (Å²) in [5, 5.41) is 0. The molecule has 0 atom stereocenters. The second kappa shape index (κ2) is 8.44. The predicted octanol–water partition coefficient (Wildman–Crippen LogP) is 4.73. The van der Waals surface area contributed by atoms with Gasteiger partial charge in [0.25, 0.3) is 5.91 Å². The fourth-order valence-corrected chi connectivity index (χ4v) is 3.31. The van der Waals surface area contributed by atoms with Crippen molar-refractivity contribution in [3.63, 3.8) is 0 Å². The summed E-state index contributed by atoms with van der Waals surface area (Å²) in [6, 6.07) is 14.6. The SMILES string of the molecule is CCOC(=O)C1=C(C)N(c2ccc(OC)cc2)C(=O)C1=Cc1ccc(Br)cc1. The van der Waals surface area contributed by atoms with Gasteiger partial charge in [0.1, 0.15) is 5.75 Å². The van der Waals surface area contributed by atoms with E-state index in [1.165, 1.54) is 4.90 Å². The van der Waals surface area contributed by atoms with Gasteiger partial charge in [0.05, 0.1) is 24.9 Å². The third kappa shape index (κ3) is 3.87. The van der Waals surface area contributed by atoms with Crippen molar-refractivity contribution in [3.8, 4) is 5.75 Å². The van der Waals surface area contributed by atoms with Crippen LogP contribution in [0.25, 0.3) is 6.08 Å². The van der Waals surface area contributed by atoms with Crippen LogP contribution >= 0.6 is 15.9 Å². The summed E-state index contributed by atoms with van der Waals surface area (Å²) >= 11 is 3.40. The third-order valence-electron chi connectivity index (χ3n) is 4.39. The van der Waals surface area contributed by atoms with Crippen molar-refractivity contribution in [3.05, 3.63) is 75.4 Å². The maximum absolute atomic E-state index is 13.2. The van der Waals surface area contributed by atoms with E-state index in [-0.39, 0.29) is 18.1 Å². The number of anilines is 1. The highest BCUT2D eigenvalue weighted by Crippen LogP contribution is 2.36. The molecule has 1 amide bonds. The van der Waals surface area contributed by atoms with E-state index >= 15 is 0 Å². The molecule has 0 bridgehead atoms. The van der Waals surface area contributed by atoms with Gasteiger partial charge in [-0.05, 0) is 61.9 Å². The number of amides is 1. The molecule has 28 heavy (non-hydrogen) atoms. The van der Waals surface area contributed by atoms with Crippen LogP contribution in [0.1, 0.15) is 19.4 Å². The Bertz CT molecular complexity index is 959. The lowest BCUT2D eigenvalue weighted by Gasteiger charge is -2.18. The summed E-state index contributed by atoms with van der Waals surface area (Å²) in [5.41, 5.74) is 2.61. The number of hydrogen-bond donors (Lipinski definition) is 0. The van der Waals surface area contributed by atoms with Gasteiger partial charge in [-0.15, -0.1) is 0 Å². The average molecular weight is 442 g/mol. The lowest BCUT2D eigenvalue weighted by Crippen LogP contribution is -2.24. The van der Waals surface area contributed by atoms with Crippen molar-refractivity contribution in [2.75, 3.05) is 18.6 Å². The number of methoxy groups -OCH3 is 1. The number of esters is 1. The maximum atomic E-state index is 13.2. The Morgan fingerprint density at radius 2 is 1.75 bits per heavy atom. The minimum Gasteiger partial charge on any atom is -0.497 e. The van der Waals surface area contributed by atoms with Crippen LogP contribution in [0.3, 0.4) is 0 Å². The smallest absolute Gasteiger partial charge is 0.340 e. The first kappa shape index (κ1) is 19.9. The van der Waals surface area contributed by atoms with Gasteiger partial charge in [-0.3, -0.25) is 9.69 Å². The third-order valence-corrected chi connectivity index (χ3v) is 4.92. The molecule has 1 heterocycles. The van der Waals surface area contributed by atoms with Crippen LogP contribution in [0.2, 0.25) is 0 Å². The number of nitrogens with zero attached hydrogens (tertiary/aromatic N) is 1. The number of rotatable bonds is 5. The number of hydrogen-bond acceptors (Lipinski definition) is 4. The highest BCUT2D eigenvalue weighted by Gasteiger charge is 2.38. The Kier molecular flexibility index (Phi) is 5.99. The van der Waals surface area contributed by atoms with Crippen LogP contribution < -0.4 is 9.64 Å².